The fraction of sp³-hybridized carbons (Fsp3) is 0.273. The van der Waals surface area contributed by atoms with Crippen molar-refractivity contribution in [3.8, 4) is 5.75 Å². The molecule has 7 nitrogen and oxygen atoms in total. The number of ether oxygens (including phenoxy) is 1. The van der Waals surface area contributed by atoms with Crippen LogP contribution in [-0.4, -0.2) is 28.9 Å². The van der Waals surface area contributed by atoms with Crippen LogP contribution in [0.25, 0.3) is 0 Å². The Kier molecular flexibility index (Phi) is 7.13. The summed E-state index contributed by atoms with van der Waals surface area (Å²) in [6, 6.07) is 4.03. The summed E-state index contributed by atoms with van der Waals surface area (Å²) in [5.41, 5.74) is -0.474. The van der Waals surface area contributed by atoms with Gasteiger partial charge in [-0.05, 0) is 12.5 Å². The molecule has 0 amide bonds. The van der Waals surface area contributed by atoms with E-state index in [-0.39, 0.29) is 48.9 Å². The molecule has 0 spiro atoms. The highest BCUT2D eigenvalue weighted by Crippen LogP contribution is 2.26. The fourth-order valence-corrected chi connectivity index (χ4v) is 1.34. The van der Waals surface area contributed by atoms with Crippen molar-refractivity contribution in [1.29, 1.82) is 0 Å². The maximum Gasteiger partial charge on any atom is 0.303 e. The van der Waals surface area contributed by atoms with E-state index < -0.39 is 10.9 Å². The van der Waals surface area contributed by atoms with Crippen LogP contribution in [0.15, 0.2) is 18.2 Å². The summed E-state index contributed by atoms with van der Waals surface area (Å²) in [5.74, 6) is -0.863. The zero-order valence-corrected chi connectivity index (χ0v) is 10.6. The molecule has 1 rings (SSSR count). The highest BCUT2D eigenvalue weighted by atomic mass is 35.5. The van der Waals surface area contributed by atoms with Gasteiger partial charge in [0.05, 0.1) is 11.5 Å². The minimum atomic E-state index is -0.951. The molecule has 0 heterocycles. The molecule has 1 aromatic carbocycles. The number of nitro benzene ring substituents is 1. The lowest BCUT2D eigenvalue weighted by molar-refractivity contribution is -0.385. The molecule has 0 atom stereocenters. The van der Waals surface area contributed by atoms with Crippen molar-refractivity contribution in [1.82, 2.24) is 0 Å². The lowest BCUT2D eigenvalue weighted by atomic mass is 10.2. The standard InChI is InChI=1S/C11H11NO6.ClH/c13-7-8-9(12(16)17)3-1-4-10(8)18-6-2-5-11(14)15;/h1,3-4,7H,2,5-6H2,(H,14,15);1H. The number of hydrogen-bond donors (Lipinski definition) is 1. The van der Waals surface area contributed by atoms with Crippen molar-refractivity contribution < 1.29 is 24.4 Å². The molecule has 0 aliphatic heterocycles. The SMILES string of the molecule is Cl.O=Cc1c(OCCCC(=O)O)cccc1[N+](=O)[O-]. The molecule has 0 radical (unpaired) electrons. The predicted octanol–water partition coefficient (Wildman–Crippen LogP) is 2.07. The molecular formula is C11H12ClNO6. The van der Waals surface area contributed by atoms with Crippen LogP contribution < -0.4 is 4.74 Å². The van der Waals surface area contributed by atoms with E-state index in [0.717, 1.165) is 0 Å². The lowest BCUT2D eigenvalue weighted by Crippen LogP contribution is -2.04. The van der Waals surface area contributed by atoms with Crippen LogP contribution >= 0.6 is 12.4 Å². The monoisotopic (exact) mass is 289 g/mol. The van der Waals surface area contributed by atoms with E-state index in [9.17, 15) is 19.7 Å². The van der Waals surface area contributed by atoms with E-state index in [0.29, 0.717) is 6.29 Å². The van der Waals surface area contributed by atoms with Crippen LogP contribution in [0.3, 0.4) is 0 Å². The number of rotatable bonds is 7. The van der Waals surface area contributed by atoms with Gasteiger partial charge in [-0.3, -0.25) is 19.7 Å². The molecule has 0 fully saturated rings. The van der Waals surface area contributed by atoms with Gasteiger partial charge in [0.1, 0.15) is 11.3 Å². The normalized spacial score (nSPS) is 9.26. The average molecular weight is 290 g/mol. The lowest BCUT2D eigenvalue weighted by Gasteiger charge is -2.07. The minimum Gasteiger partial charge on any atom is -0.493 e. The number of carboxylic acids is 1. The predicted molar refractivity (Wildman–Crippen MR) is 68.1 cm³/mol. The van der Waals surface area contributed by atoms with Crippen molar-refractivity contribution in [2.24, 2.45) is 0 Å². The molecule has 0 bridgehead atoms. The molecule has 0 saturated heterocycles. The zero-order valence-electron chi connectivity index (χ0n) is 9.77. The van der Waals surface area contributed by atoms with E-state index in [1.54, 1.807) is 0 Å². The Morgan fingerprint density at radius 1 is 1.47 bits per heavy atom. The Morgan fingerprint density at radius 3 is 2.68 bits per heavy atom. The summed E-state index contributed by atoms with van der Waals surface area (Å²) in [6.07, 6.45) is 0.548. The quantitative estimate of drug-likeness (QED) is 0.356. The number of nitro groups is 1. The summed E-state index contributed by atoms with van der Waals surface area (Å²) < 4.78 is 5.17. The van der Waals surface area contributed by atoms with E-state index in [4.69, 9.17) is 9.84 Å². The summed E-state index contributed by atoms with van der Waals surface area (Å²) in [7, 11) is 0. The van der Waals surface area contributed by atoms with Gasteiger partial charge in [0.15, 0.2) is 6.29 Å². The van der Waals surface area contributed by atoms with Crippen LogP contribution in [-0.2, 0) is 4.79 Å². The number of aldehydes is 1. The van der Waals surface area contributed by atoms with E-state index >= 15 is 0 Å². The Hall–Kier alpha value is -2.15. The molecule has 1 N–H and O–H groups in total. The highest BCUT2D eigenvalue weighted by molar-refractivity contribution is 5.85. The van der Waals surface area contributed by atoms with Crippen LogP contribution in [0, 0.1) is 10.1 Å². The van der Waals surface area contributed by atoms with Gasteiger partial charge in [-0.15, -0.1) is 12.4 Å². The first kappa shape index (κ1) is 16.9. The van der Waals surface area contributed by atoms with Gasteiger partial charge in [-0.1, -0.05) is 6.07 Å². The Bertz CT molecular complexity index is 476. The Labute approximate surface area is 114 Å². The summed E-state index contributed by atoms with van der Waals surface area (Å²) in [6.45, 7) is 0.0777. The van der Waals surface area contributed by atoms with Crippen molar-refractivity contribution in [3.63, 3.8) is 0 Å². The van der Waals surface area contributed by atoms with E-state index in [2.05, 4.69) is 0 Å². The summed E-state index contributed by atoms with van der Waals surface area (Å²) in [4.78, 5) is 31.1. The van der Waals surface area contributed by atoms with Crippen LogP contribution in [0.2, 0.25) is 0 Å². The zero-order chi connectivity index (χ0) is 13.5. The molecule has 0 aromatic heterocycles. The Balaban J connectivity index is 0.00000324. The number of hydrogen-bond acceptors (Lipinski definition) is 5. The topological polar surface area (TPSA) is 107 Å². The second kappa shape index (κ2) is 8.04. The van der Waals surface area contributed by atoms with Gasteiger partial charge >= 0.3 is 5.97 Å². The first-order valence-corrected chi connectivity index (χ1v) is 5.13. The Morgan fingerprint density at radius 2 is 2.16 bits per heavy atom. The third-order valence-corrected chi connectivity index (χ3v) is 2.15. The molecule has 104 valence electrons. The maximum absolute atomic E-state index is 10.8. The molecule has 0 aliphatic carbocycles. The number of halogens is 1. The third kappa shape index (κ3) is 4.92. The molecule has 0 unspecified atom stereocenters. The second-order valence-corrected chi connectivity index (χ2v) is 3.41. The molecule has 0 aliphatic rings. The van der Waals surface area contributed by atoms with Gasteiger partial charge in [0, 0.05) is 12.5 Å². The van der Waals surface area contributed by atoms with Crippen molar-refractivity contribution in [2.75, 3.05) is 6.61 Å². The van der Waals surface area contributed by atoms with Crippen molar-refractivity contribution >= 4 is 30.3 Å². The van der Waals surface area contributed by atoms with E-state index in [1.807, 2.05) is 0 Å². The molecule has 0 saturated carbocycles. The fourth-order valence-electron chi connectivity index (χ4n) is 1.34. The number of carbonyl (C=O) groups excluding carboxylic acids is 1. The number of carbonyl (C=O) groups is 2. The third-order valence-electron chi connectivity index (χ3n) is 2.15. The first-order chi connectivity index (χ1) is 8.56. The number of carboxylic acid groups (broad SMARTS) is 1. The minimum absolute atomic E-state index is 0. The molecule has 19 heavy (non-hydrogen) atoms. The van der Waals surface area contributed by atoms with Gasteiger partial charge in [-0.2, -0.15) is 0 Å². The van der Waals surface area contributed by atoms with Crippen LogP contribution in [0.4, 0.5) is 5.69 Å². The second-order valence-electron chi connectivity index (χ2n) is 3.41. The maximum atomic E-state index is 10.8. The molecule has 1 aromatic rings. The van der Waals surface area contributed by atoms with Gasteiger partial charge < -0.3 is 9.84 Å². The average Bonchev–Trinajstić information content (AvgIpc) is 2.33. The largest absolute Gasteiger partial charge is 0.493 e. The highest BCUT2D eigenvalue weighted by Gasteiger charge is 2.17. The molecular weight excluding hydrogens is 278 g/mol. The number of nitrogens with zero attached hydrogens (tertiary/aromatic N) is 1. The van der Waals surface area contributed by atoms with Crippen molar-refractivity contribution in [3.05, 3.63) is 33.9 Å². The first-order valence-electron chi connectivity index (χ1n) is 5.13. The van der Waals surface area contributed by atoms with Crippen molar-refractivity contribution in [2.45, 2.75) is 12.8 Å². The smallest absolute Gasteiger partial charge is 0.303 e. The van der Waals surface area contributed by atoms with Gasteiger partial charge in [-0.25, -0.2) is 0 Å². The van der Waals surface area contributed by atoms with Gasteiger partial charge in [0.2, 0.25) is 0 Å². The summed E-state index contributed by atoms with van der Waals surface area (Å²) in [5, 5.41) is 19.1. The molecule has 8 heteroatoms. The van der Waals surface area contributed by atoms with Crippen LogP contribution in [0.5, 0.6) is 5.75 Å². The van der Waals surface area contributed by atoms with Crippen LogP contribution in [0.1, 0.15) is 23.2 Å². The number of benzene rings is 1. The summed E-state index contributed by atoms with van der Waals surface area (Å²) >= 11 is 0. The van der Waals surface area contributed by atoms with E-state index in [1.165, 1.54) is 18.2 Å². The van der Waals surface area contributed by atoms with Gasteiger partial charge in [0.25, 0.3) is 5.69 Å². The number of aliphatic carboxylic acids is 1.